The summed E-state index contributed by atoms with van der Waals surface area (Å²) in [4.78, 5) is 16.6. The summed E-state index contributed by atoms with van der Waals surface area (Å²) in [5.74, 6) is -0.473. The summed E-state index contributed by atoms with van der Waals surface area (Å²) in [6.07, 6.45) is 1.40. The second kappa shape index (κ2) is 6.38. The number of alkyl halides is 1. The molecule has 1 N–H and O–H groups in total. The van der Waals surface area contributed by atoms with Crippen molar-refractivity contribution in [2.75, 3.05) is 0 Å². The van der Waals surface area contributed by atoms with E-state index in [1.165, 1.54) is 6.20 Å². The first kappa shape index (κ1) is 16.1. The van der Waals surface area contributed by atoms with Gasteiger partial charge in [0, 0.05) is 23.2 Å². The fourth-order valence-electron chi connectivity index (χ4n) is 3.06. The number of hydrogen-bond acceptors (Lipinski definition) is 3. The molecule has 0 fully saturated rings. The van der Waals surface area contributed by atoms with Crippen LogP contribution in [0.1, 0.15) is 42.2 Å². The molecule has 3 nitrogen and oxygen atoms in total. The van der Waals surface area contributed by atoms with E-state index in [0.29, 0.717) is 11.4 Å². The highest BCUT2D eigenvalue weighted by molar-refractivity contribution is 6.30. The van der Waals surface area contributed by atoms with Crippen molar-refractivity contribution in [3.63, 3.8) is 0 Å². The number of halogens is 2. The van der Waals surface area contributed by atoms with Crippen LogP contribution in [0, 0.1) is 0 Å². The Morgan fingerprint density at radius 2 is 2.22 bits per heavy atom. The van der Waals surface area contributed by atoms with Crippen LogP contribution in [0.15, 0.2) is 42.6 Å². The van der Waals surface area contributed by atoms with Crippen LogP contribution in [0.2, 0.25) is 5.02 Å². The molecule has 0 saturated carbocycles. The molecule has 1 aliphatic rings. The van der Waals surface area contributed by atoms with E-state index in [1.54, 1.807) is 24.3 Å². The predicted octanol–water partition coefficient (Wildman–Crippen LogP) is 3.93. The monoisotopic (exact) mass is 333 g/mol. The molecular weight excluding hydrogens is 317 g/mol. The maximum Gasteiger partial charge on any atom is 0.195 e. The number of nitrogens with zero attached hydrogens (tertiary/aromatic N) is 1. The van der Waals surface area contributed by atoms with Crippen LogP contribution in [0.5, 0.6) is 0 Å². The van der Waals surface area contributed by atoms with Crippen LogP contribution in [-0.2, 0) is 16.9 Å². The van der Waals surface area contributed by atoms with Gasteiger partial charge in [-0.3, -0.25) is 9.78 Å². The number of pyridine rings is 1. The van der Waals surface area contributed by atoms with Gasteiger partial charge in [-0.05, 0) is 43.0 Å². The van der Waals surface area contributed by atoms with Crippen molar-refractivity contribution in [3.8, 4) is 0 Å². The summed E-state index contributed by atoms with van der Waals surface area (Å²) in [6.45, 7) is 0. The first-order chi connectivity index (χ1) is 11.0. The number of carbonyl (C=O) groups excluding carboxylic acids is 1. The maximum absolute atomic E-state index is 15.4. The van der Waals surface area contributed by atoms with Gasteiger partial charge in [0.15, 0.2) is 11.5 Å². The lowest BCUT2D eigenvalue weighted by Crippen LogP contribution is -2.36. The van der Waals surface area contributed by atoms with E-state index in [-0.39, 0.29) is 30.5 Å². The molecule has 0 amide bonds. The third-order valence-corrected chi connectivity index (χ3v) is 4.55. The second-order valence-electron chi connectivity index (χ2n) is 5.84. The third-order valence-electron chi connectivity index (χ3n) is 4.32. The molecule has 1 aromatic carbocycles. The number of aryl methyl sites for hydroxylation is 1. The largest absolute Gasteiger partial charge is 0.387 e. The van der Waals surface area contributed by atoms with Crippen molar-refractivity contribution in [3.05, 3.63) is 64.4 Å². The fourth-order valence-corrected chi connectivity index (χ4v) is 3.28. The third kappa shape index (κ3) is 3.14. The summed E-state index contributed by atoms with van der Waals surface area (Å²) in [6, 6.07) is 10.3. The zero-order chi connectivity index (χ0) is 16.4. The summed E-state index contributed by atoms with van der Waals surface area (Å²) in [7, 11) is 0. The lowest BCUT2D eigenvalue weighted by molar-refractivity contribution is -0.133. The smallest absolute Gasteiger partial charge is 0.195 e. The minimum absolute atomic E-state index is 0.0127. The number of rotatable bonds is 4. The van der Waals surface area contributed by atoms with E-state index in [1.807, 2.05) is 12.1 Å². The van der Waals surface area contributed by atoms with Crippen LogP contribution in [0.4, 0.5) is 4.39 Å². The standard InChI is InChI=1S/C18H17ClFNO2/c19-13-4-1-3-12(11-13)6-7-16(23)18(20)9-8-15(22)17-14(18)5-2-10-21-17/h1-5,10-11,15,22H,6-9H2/t15-,18-/m0/s1. The number of aromatic nitrogens is 1. The Morgan fingerprint density at radius 1 is 1.39 bits per heavy atom. The topological polar surface area (TPSA) is 50.2 Å². The number of aliphatic hydroxyl groups excluding tert-OH is 1. The van der Waals surface area contributed by atoms with Crippen LogP contribution in [-0.4, -0.2) is 15.9 Å². The van der Waals surface area contributed by atoms with Crippen molar-refractivity contribution in [1.82, 2.24) is 4.98 Å². The van der Waals surface area contributed by atoms with Gasteiger partial charge in [-0.2, -0.15) is 0 Å². The van der Waals surface area contributed by atoms with E-state index in [9.17, 15) is 9.90 Å². The molecule has 0 saturated heterocycles. The summed E-state index contributed by atoms with van der Waals surface area (Å²) in [5.41, 5.74) is -0.689. The highest BCUT2D eigenvalue weighted by Crippen LogP contribution is 2.43. The average molecular weight is 334 g/mol. The van der Waals surface area contributed by atoms with Gasteiger partial charge in [-0.25, -0.2) is 4.39 Å². The zero-order valence-corrected chi connectivity index (χ0v) is 13.3. The molecule has 2 aromatic rings. The lowest BCUT2D eigenvalue weighted by Gasteiger charge is -2.32. The van der Waals surface area contributed by atoms with Gasteiger partial charge < -0.3 is 5.11 Å². The second-order valence-corrected chi connectivity index (χ2v) is 6.28. The SMILES string of the molecule is O=C(CCc1cccc(Cl)c1)[C@]1(F)CC[C@H](O)c2ncccc21. The van der Waals surface area contributed by atoms with Gasteiger partial charge in [0.05, 0.1) is 11.8 Å². The highest BCUT2D eigenvalue weighted by atomic mass is 35.5. The summed E-state index contributed by atoms with van der Waals surface area (Å²) in [5, 5.41) is 10.6. The fraction of sp³-hybridized carbons (Fsp3) is 0.333. The van der Waals surface area contributed by atoms with E-state index in [0.717, 1.165) is 5.56 Å². The van der Waals surface area contributed by atoms with Crippen molar-refractivity contribution < 1.29 is 14.3 Å². The van der Waals surface area contributed by atoms with Crippen molar-refractivity contribution >= 4 is 17.4 Å². The van der Waals surface area contributed by atoms with Gasteiger partial charge in [0.1, 0.15) is 0 Å². The molecule has 0 spiro atoms. The van der Waals surface area contributed by atoms with Gasteiger partial charge in [-0.15, -0.1) is 0 Å². The number of benzene rings is 1. The first-order valence-corrected chi connectivity index (χ1v) is 7.98. The number of fused-ring (bicyclic) bond motifs is 1. The first-order valence-electron chi connectivity index (χ1n) is 7.61. The van der Waals surface area contributed by atoms with Crippen LogP contribution in [0.3, 0.4) is 0 Å². The van der Waals surface area contributed by atoms with E-state index >= 15 is 4.39 Å². The molecule has 0 bridgehead atoms. The Bertz CT molecular complexity index is 736. The number of hydrogen-bond donors (Lipinski definition) is 1. The zero-order valence-electron chi connectivity index (χ0n) is 12.5. The van der Waals surface area contributed by atoms with Gasteiger partial charge in [0.2, 0.25) is 0 Å². The van der Waals surface area contributed by atoms with Crippen molar-refractivity contribution in [2.45, 2.75) is 37.5 Å². The van der Waals surface area contributed by atoms with Gasteiger partial charge in [-0.1, -0.05) is 29.8 Å². The molecule has 1 heterocycles. The normalized spacial score (nSPS) is 23.3. The lowest BCUT2D eigenvalue weighted by atomic mass is 9.77. The van der Waals surface area contributed by atoms with Gasteiger partial charge >= 0.3 is 0 Å². The number of carbonyl (C=O) groups is 1. The molecule has 1 aliphatic carbocycles. The van der Waals surface area contributed by atoms with Crippen LogP contribution < -0.4 is 0 Å². The minimum atomic E-state index is -2.07. The molecular formula is C18H17ClFNO2. The van der Waals surface area contributed by atoms with Gasteiger partial charge in [0.25, 0.3) is 0 Å². The van der Waals surface area contributed by atoms with Crippen LogP contribution >= 0.6 is 11.6 Å². The van der Waals surface area contributed by atoms with E-state index in [2.05, 4.69) is 4.98 Å². The van der Waals surface area contributed by atoms with E-state index in [4.69, 9.17) is 11.6 Å². The predicted molar refractivity (Wildman–Crippen MR) is 86.0 cm³/mol. The van der Waals surface area contributed by atoms with Crippen molar-refractivity contribution in [2.24, 2.45) is 0 Å². The Labute approximate surface area is 139 Å². The molecule has 0 unspecified atom stereocenters. The summed E-state index contributed by atoms with van der Waals surface area (Å²) < 4.78 is 15.4. The molecule has 3 rings (SSSR count). The summed E-state index contributed by atoms with van der Waals surface area (Å²) >= 11 is 5.92. The minimum Gasteiger partial charge on any atom is -0.387 e. The molecule has 5 heteroatoms. The maximum atomic E-state index is 15.4. The number of ketones is 1. The quantitative estimate of drug-likeness (QED) is 0.922. The molecule has 120 valence electrons. The molecule has 23 heavy (non-hydrogen) atoms. The van der Waals surface area contributed by atoms with Crippen LogP contribution in [0.25, 0.3) is 0 Å². The molecule has 0 aliphatic heterocycles. The molecule has 0 radical (unpaired) electrons. The molecule has 1 aromatic heterocycles. The van der Waals surface area contributed by atoms with Crippen molar-refractivity contribution in [1.29, 1.82) is 0 Å². The highest BCUT2D eigenvalue weighted by Gasteiger charge is 2.45. The molecule has 2 atom stereocenters. The van der Waals surface area contributed by atoms with E-state index < -0.39 is 17.6 Å². The number of aliphatic hydroxyl groups is 1. The average Bonchev–Trinajstić information content (AvgIpc) is 2.56. The Balaban J connectivity index is 1.80. The number of Topliss-reactive ketones (excluding diaryl/α,β-unsaturated/α-hetero) is 1. The Hall–Kier alpha value is -1.78. The Morgan fingerprint density at radius 3 is 3.00 bits per heavy atom. The Kier molecular flexibility index (Phi) is 4.46.